The van der Waals surface area contributed by atoms with Crippen molar-refractivity contribution in [1.82, 2.24) is 0 Å². The van der Waals surface area contributed by atoms with E-state index in [0.717, 1.165) is 18.1 Å². The van der Waals surface area contributed by atoms with Crippen molar-refractivity contribution >= 4 is 36.9 Å². The number of ketones is 1. The molecule has 1 heterocycles. The van der Waals surface area contributed by atoms with Crippen LogP contribution in [0, 0.1) is 11.5 Å². The van der Waals surface area contributed by atoms with Gasteiger partial charge in [0.15, 0.2) is 0 Å². The first-order valence-electron chi connectivity index (χ1n) is 11.6. The lowest BCUT2D eigenvalue weighted by Gasteiger charge is -2.38. The van der Waals surface area contributed by atoms with E-state index >= 15 is 0 Å². The molecule has 2 rings (SSSR count). The molecule has 0 N–H and O–H groups in total. The fourth-order valence-corrected chi connectivity index (χ4v) is 7.13. The number of anilines is 1. The number of Topliss-reactive ketones (excluding diaryl/α,β-unsaturated/α-hetero) is 1. The number of ether oxygens (including phenoxy) is 2. The summed E-state index contributed by atoms with van der Waals surface area (Å²) < 4.78 is 10.8. The van der Waals surface area contributed by atoms with Crippen molar-refractivity contribution < 1.29 is 19.1 Å². The summed E-state index contributed by atoms with van der Waals surface area (Å²) in [6.45, 7) is 10.7. The SMILES string of the molecule is CCOC(=O)C(C#C[Si](CC)(CC)CC)(C(=O)c1cccs1)N(CC)c1ccc(OC)cc1. The van der Waals surface area contributed by atoms with E-state index in [0.29, 0.717) is 22.9 Å². The highest BCUT2D eigenvalue weighted by Crippen LogP contribution is 2.32. The molecule has 178 valence electrons. The first-order valence-corrected chi connectivity index (χ1v) is 15.1. The van der Waals surface area contributed by atoms with Gasteiger partial charge in [-0.25, -0.2) is 4.79 Å². The highest BCUT2D eigenvalue weighted by atomic mass is 32.1. The summed E-state index contributed by atoms with van der Waals surface area (Å²) in [4.78, 5) is 30.0. The number of rotatable bonds is 11. The summed E-state index contributed by atoms with van der Waals surface area (Å²) in [5.41, 5.74) is 2.47. The number of nitrogens with zero attached hydrogens (tertiary/aromatic N) is 1. The number of hydrogen-bond acceptors (Lipinski definition) is 6. The van der Waals surface area contributed by atoms with Gasteiger partial charge in [-0.2, -0.15) is 0 Å². The largest absolute Gasteiger partial charge is 0.497 e. The van der Waals surface area contributed by atoms with Gasteiger partial charge in [-0.15, -0.1) is 16.9 Å². The second-order valence-electron chi connectivity index (χ2n) is 7.77. The van der Waals surface area contributed by atoms with E-state index in [9.17, 15) is 9.59 Å². The Morgan fingerprint density at radius 3 is 2.12 bits per heavy atom. The predicted molar refractivity (Wildman–Crippen MR) is 139 cm³/mol. The molecule has 0 aliphatic heterocycles. The molecule has 2 aromatic rings. The Kier molecular flexibility index (Phi) is 9.75. The van der Waals surface area contributed by atoms with Gasteiger partial charge in [0.05, 0.1) is 18.6 Å². The Labute approximate surface area is 203 Å². The molecule has 5 nitrogen and oxygen atoms in total. The van der Waals surface area contributed by atoms with Gasteiger partial charge in [0.1, 0.15) is 13.8 Å². The first-order chi connectivity index (χ1) is 15.9. The van der Waals surface area contributed by atoms with Crippen LogP contribution in [0.4, 0.5) is 5.69 Å². The molecule has 1 aromatic carbocycles. The minimum Gasteiger partial charge on any atom is -0.497 e. The van der Waals surface area contributed by atoms with Crippen molar-refractivity contribution in [3.63, 3.8) is 0 Å². The van der Waals surface area contributed by atoms with Crippen LogP contribution in [0.3, 0.4) is 0 Å². The fraction of sp³-hybridized carbons (Fsp3) is 0.462. The van der Waals surface area contributed by atoms with Crippen molar-refractivity contribution in [2.45, 2.75) is 58.3 Å². The lowest BCUT2D eigenvalue weighted by molar-refractivity contribution is -0.145. The zero-order valence-electron chi connectivity index (χ0n) is 20.6. The van der Waals surface area contributed by atoms with Crippen LogP contribution in [0.2, 0.25) is 18.1 Å². The smallest absolute Gasteiger partial charge is 0.353 e. The second-order valence-corrected chi connectivity index (χ2v) is 13.7. The monoisotopic (exact) mass is 485 g/mol. The van der Waals surface area contributed by atoms with Crippen molar-refractivity contribution in [3.8, 4) is 17.2 Å². The lowest BCUT2D eigenvalue weighted by Crippen LogP contribution is -2.60. The number of carbonyl (C=O) groups is 2. The van der Waals surface area contributed by atoms with Crippen LogP contribution in [-0.2, 0) is 9.53 Å². The van der Waals surface area contributed by atoms with E-state index in [1.54, 1.807) is 25.0 Å². The Bertz CT molecular complexity index is 966. The normalized spacial score (nSPS) is 12.8. The summed E-state index contributed by atoms with van der Waals surface area (Å²) >= 11 is 1.31. The number of benzene rings is 1. The summed E-state index contributed by atoms with van der Waals surface area (Å²) in [7, 11) is -0.362. The Morgan fingerprint density at radius 1 is 1.03 bits per heavy atom. The van der Waals surface area contributed by atoms with Gasteiger partial charge in [0.2, 0.25) is 5.78 Å². The summed E-state index contributed by atoms with van der Waals surface area (Å²) in [5.74, 6) is 3.00. The maximum absolute atomic E-state index is 14.1. The number of esters is 1. The molecule has 0 amide bonds. The highest BCUT2D eigenvalue weighted by Gasteiger charge is 2.52. The van der Waals surface area contributed by atoms with E-state index in [2.05, 4.69) is 32.2 Å². The van der Waals surface area contributed by atoms with Crippen molar-refractivity contribution in [3.05, 3.63) is 46.7 Å². The summed E-state index contributed by atoms with van der Waals surface area (Å²) in [6.07, 6.45) is 0. The average molecular weight is 486 g/mol. The minimum atomic E-state index is -1.97. The summed E-state index contributed by atoms with van der Waals surface area (Å²) in [5, 5.41) is 1.84. The van der Waals surface area contributed by atoms with E-state index < -0.39 is 19.6 Å². The third-order valence-corrected chi connectivity index (χ3v) is 11.9. The molecule has 0 fully saturated rings. The van der Waals surface area contributed by atoms with Crippen molar-refractivity contribution in [1.29, 1.82) is 0 Å². The van der Waals surface area contributed by atoms with E-state index in [1.165, 1.54) is 11.3 Å². The number of thiophene rings is 1. The van der Waals surface area contributed by atoms with Crippen LogP contribution in [0.15, 0.2) is 41.8 Å². The predicted octanol–water partition coefficient (Wildman–Crippen LogP) is 5.82. The molecule has 0 saturated carbocycles. The molecule has 0 saturated heterocycles. The second kappa shape index (κ2) is 12.1. The lowest BCUT2D eigenvalue weighted by atomic mass is 9.90. The molecule has 1 atom stereocenters. The van der Waals surface area contributed by atoms with Crippen LogP contribution in [0.1, 0.15) is 44.3 Å². The molecule has 0 bridgehead atoms. The first kappa shape index (κ1) is 26.7. The summed E-state index contributed by atoms with van der Waals surface area (Å²) in [6, 6.07) is 13.8. The van der Waals surface area contributed by atoms with Gasteiger partial charge in [0, 0.05) is 12.2 Å². The van der Waals surface area contributed by atoms with Crippen molar-refractivity contribution in [2.75, 3.05) is 25.2 Å². The highest BCUT2D eigenvalue weighted by molar-refractivity contribution is 7.12. The Morgan fingerprint density at radius 2 is 1.67 bits per heavy atom. The van der Waals surface area contributed by atoms with Gasteiger partial charge in [-0.05, 0) is 67.7 Å². The topological polar surface area (TPSA) is 55.8 Å². The molecular weight excluding hydrogens is 450 g/mol. The maximum Gasteiger partial charge on any atom is 0.353 e. The molecule has 33 heavy (non-hydrogen) atoms. The van der Waals surface area contributed by atoms with Gasteiger partial charge in [-0.1, -0.05) is 32.8 Å². The number of carbonyl (C=O) groups excluding carboxylic acids is 2. The van der Waals surface area contributed by atoms with Crippen LogP contribution in [0.5, 0.6) is 5.75 Å². The third kappa shape index (κ3) is 5.51. The molecular formula is C26H35NO4SSi. The molecule has 7 heteroatoms. The Balaban J connectivity index is 2.85. The molecule has 1 aromatic heterocycles. The van der Waals surface area contributed by atoms with Crippen LogP contribution in [-0.4, -0.2) is 45.6 Å². The Hall–Kier alpha value is -2.56. The number of likely N-dealkylation sites (N-methyl/N-ethyl adjacent to an activating group) is 1. The maximum atomic E-state index is 14.1. The van der Waals surface area contributed by atoms with E-state index in [-0.39, 0.29) is 12.4 Å². The quantitative estimate of drug-likeness (QED) is 0.132. The van der Waals surface area contributed by atoms with Gasteiger partial charge >= 0.3 is 5.97 Å². The standard InChI is InChI=1S/C26H35NO4SSi/c1-7-27(21-14-16-22(30-6)17-15-21)26(25(29)31-8-2,24(28)23-13-12-19-32-23)18-20-33(9-3,10-4)11-5/h12-17,19H,7-11H2,1-6H3. The zero-order chi connectivity index (χ0) is 24.5. The average Bonchev–Trinajstić information content (AvgIpc) is 3.39. The minimum absolute atomic E-state index is 0.165. The van der Waals surface area contributed by atoms with Gasteiger partial charge < -0.3 is 14.4 Å². The molecule has 0 spiro atoms. The van der Waals surface area contributed by atoms with Gasteiger partial charge in [-0.3, -0.25) is 4.79 Å². The van der Waals surface area contributed by atoms with Crippen molar-refractivity contribution in [2.24, 2.45) is 0 Å². The molecule has 0 aliphatic rings. The van der Waals surface area contributed by atoms with E-state index in [4.69, 9.17) is 9.47 Å². The molecule has 0 radical (unpaired) electrons. The number of hydrogen-bond donors (Lipinski definition) is 0. The van der Waals surface area contributed by atoms with Crippen LogP contribution in [0.25, 0.3) is 0 Å². The van der Waals surface area contributed by atoms with Crippen LogP contribution < -0.4 is 9.64 Å². The van der Waals surface area contributed by atoms with Crippen LogP contribution >= 0.6 is 11.3 Å². The molecule has 0 aliphatic carbocycles. The van der Waals surface area contributed by atoms with E-state index in [1.807, 2.05) is 42.6 Å². The third-order valence-electron chi connectivity index (χ3n) is 6.29. The zero-order valence-corrected chi connectivity index (χ0v) is 22.4. The number of methoxy groups -OCH3 is 1. The van der Waals surface area contributed by atoms with Gasteiger partial charge in [0.25, 0.3) is 5.54 Å². The fourth-order valence-electron chi connectivity index (χ4n) is 3.94. The molecule has 1 unspecified atom stereocenters.